The highest BCUT2D eigenvalue weighted by atomic mass is 127. The highest BCUT2D eigenvalue weighted by Crippen LogP contribution is 2.27. The Morgan fingerprint density at radius 1 is 0.839 bits per heavy atom. The molecule has 0 fully saturated rings. The summed E-state index contributed by atoms with van der Waals surface area (Å²) in [5.74, 6) is 3.21. The maximum Gasteiger partial charge on any atom is 0.191 e. The van der Waals surface area contributed by atoms with Crippen molar-refractivity contribution in [2.75, 3.05) is 27.3 Å². The largest absolute Gasteiger partial charge is 0.493 e. The van der Waals surface area contributed by atoms with E-state index in [4.69, 9.17) is 18.9 Å². The molecule has 0 saturated heterocycles. The molecule has 0 amide bonds. The molecule has 0 bridgehead atoms. The maximum atomic E-state index is 5.40. The summed E-state index contributed by atoms with van der Waals surface area (Å²) in [6.45, 7) is 2.11. The molecule has 0 aliphatic heterocycles. The summed E-state index contributed by atoms with van der Waals surface area (Å²) in [6, 6.07) is 20.1. The molecule has 2 N–H and O–H groups in total. The lowest BCUT2D eigenvalue weighted by Crippen LogP contribution is -2.39. The van der Waals surface area contributed by atoms with Gasteiger partial charge in [0.1, 0.15) is 5.76 Å². The Morgan fingerprint density at radius 2 is 1.58 bits per heavy atom. The molecule has 0 unspecified atom stereocenters. The van der Waals surface area contributed by atoms with Crippen LogP contribution in [0.4, 0.5) is 0 Å². The standard InChI is InChI=1S/C24H29N3O3.HI/c1-28-22-11-10-19(17-23(22)29-2)12-14-25-24(26-15-13-21-9-6-16-30-21)27-18-20-7-4-3-5-8-20;/h3-11,16-17H,12-15,18H2,1-2H3,(H2,25,26,27);1H. The third kappa shape index (κ3) is 8.16. The van der Waals surface area contributed by atoms with Crippen LogP contribution >= 0.6 is 24.0 Å². The van der Waals surface area contributed by atoms with Crippen molar-refractivity contribution in [3.05, 3.63) is 83.8 Å². The van der Waals surface area contributed by atoms with E-state index in [0.29, 0.717) is 6.54 Å². The number of aliphatic imine (C=N–C) groups is 1. The summed E-state index contributed by atoms with van der Waals surface area (Å²) in [5.41, 5.74) is 2.34. The summed E-state index contributed by atoms with van der Waals surface area (Å²) >= 11 is 0. The van der Waals surface area contributed by atoms with Gasteiger partial charge in [-0.3, -0.25) is 0 Å². The Balaban J connectivity index is 0.00000341. The van der Waals surface area contributed by atoms with Crippen molar-refractivity contribution in [3.63, 3.8) is 0 Å². The van der Waals surface area contributed by atoms with Gasteiger partial charge in [-0.15, -0.1) is 24.0 Å². The first-order chi connectivity index (χ1) is 14.8. The fourth-order valence-corrected chi connectivity index (χ4v) is 3.05. The first-order valence-corrected chi connectivity index (χ1v) is 10.1. The topological polar surface area (TPSA) is 68.0 Å². The van der Waals surface area contributed by atoms with E-state index in [1.54, 1.807) is 20.5 Å². The third-order valence-corrected chi connectivity index (χ3v) is 4.66. The minimum atomic E-state index is 0. The Kier molecular flexibility index (Phi) is 10.8. The van der Waals surface area contributed by atoms with E-state index in [1.807, 2.05) is 48.5 Å². The number of rotatable bonds is 10. The van der Waals surface area contributed by atoms with Crippen LogP contribution in [-0.4, -0.2) is 33.3 Å². The van der Waals surface area contributed by atoms with Gasteiger partial charge in [0.15, 0.2) is 17.5 Å². The zero-order chi connectivity index (χ0) is 21.0. The molecule has 0 saturated carbocycles. The number of nitrogens with zero attached hydrogens (tertiary/aromatic N) is 1. The second-order valence-corrected chi connectivity index (χ2v) is 6.77. The molecule has 3 rings (SSSR count). The van der Waals surface area contributed by atoms with E-state index in [1.165, 1.54) is 5.56 Å². The van der Waals surface area contributed by atoms with Gasteiger partial charge in [-0.25, -0.2) is 4.99 Å². The Hall–Kier alpha value is -2.68. The molecule has 1 aromatic heterocycles. The van der Waals surface area contributed by atoms with Gasteiger partial charge in [0.25, 0.3) is 0 Å². The highest BCUT2D eigenvalue weighted by Gasteiger charge is 2.05. The maximum absolute atomic E-state index is 5.40. The average Bonchev–Trinajstić information content (AvgIpc) is 3.31. The Bertz CT molecular complexity index is 915. The highest BCUT2D eigenvalue weighted by molar-refractivity contribution is 14.0. The fourth-order valence-electron chi connectivity index (χ4n) is 3.05. The third-order valence-electron chi connectivity index (χ3n) is 4.66. The smallest absolute Gasteiger partial charge is 0.191 e. The van der Waals surface area contributed by atoms with Crippen molar-refractivity contribution in [3.8, 4) is 11.5 Å². The normalized spacial score (nSPS) is 10.8. The minimum absolute atomic E-state index is 0. The molecular formula is C24H30IN3O3. The minimum Gasteiger partial charge on any atom is -0.493 e. The van der Waals surface area contributed by atoms with E-state index >= 15 is 0 Å². The van der Waals surface area contributed by atoms with Crippen LogP contribution in [0.1, 0.15) is 16.9 Å². The Morgan fingerprint density at radius 3 is 2.26 bits per heavy atom. The van der Waals surface area contributed by atoms with Crippen LogP contribution < -0.4 is 20.1 Å². The molecule has 3 aromatic rings. The molecule has 0 atom stereocenters. The molecule has 1 heterocycles. The van der Waals surface area contributed by atoms with Crippen LogP contribution in [0.15, 0.2) is 76.3 Å². The quantitative estimate of drug-likeness (QED) is 0.229. The van der Waals surface area contributed by atoms with Gasteiger partial charge < -0.3 is 24.5 Å². The number of nitrogens with one attached hydrogen (secondary N) is 2. The first kappa shape index (κ1) is 24.6. The molecule has 0 aliphatic rings. The predicted molar refractivity (Wildman–Crippen MR) is 135 cm³/mol. The van der Waals surface area contributed by atoms with Gasteiger partial charge in [-0.05, 0) is 41.8 Å². The first-order valence-electron chi connectivity index (χ1n) is 10.1. The SMILES string of the molecule is COc1ccc(CCNC(=NCc2ccccc2)NCCc2ccco2)cc1OC.I. The van der Waals surface area contributed by atoms with Crippen LogP contribution in [0.25, 0.3) is 0 Å². The zero-order valence-corrected chi connectivity index (χ0v) is 20.3. The van der Waals surface area contributed by atoms with E-state index in [2.05, 4.69) is 22.8 Å². The Labute approximate surface area is 201 Å². The van der Waals surface area contributed by atoms with Gasteiger partial charge in [-0.1, -0.05) is 36.4 Å². The van der Waals surface area contributed by atoms with Gasteiger partial charge in [0, 0.05) is 19.5 Å². The van der Waals surface area contributed by atoms with Crippen LogP contribution in [0.3, 0.4) is 0 Å². The summed E-state index contributed by atoms with van der Waals surface area (Å²) < 4.78 is 16.1. The summed E-state index contributed by atoms with van der Waals surface area (Å²) in [7, 11) is 3.29. The number of methoxy groups -OCH3 is 2. The predicted octanol–water partition coefficient (Wildman–Crippen LogP) is 4.44. The van der Waals surface area contributed by atoms with Crippen molar-refractivity contribution in [1.29, 1.82) is 0 Å². The second-order valence-electron chi connectivity index (χ2n) is 6.77. The van der Waals surface area contributed by atoms with Crippen LogP contribution in [0.2, 0.25) is 0 Å². The summed E-state index contributed by atoms with van der Waals surface area (Å²) in [6.07, 6.45) is 3.33. The molecular weight excluding hydrogens is 505 g/mol. The van der Waals surface area contributed by atoms with E-state index in [-0.39, 0.29) is 24.0 Å². The van der Waals surface area contributed by atoms with Crippen molar-refractivity contribution in [2.45, 2.75) is 19.4 Å². The lowest BCUT2D eigenvalue weighted by Gasteiger charge is -2.13. The van der Waals surface area contributed by atoms with Crippen molar-refractivity contribution < 1.29 is 13.9 Å². The van der Waals surface area contributed by atoms with Crippen LogP contribution in [-0.2, 0) is 19.4 Å². The van der Waals surface area contributed by atoms with Gasteiger partial charge >= 0.3 is 0 Å². The number of hydrogen-bond acceptors (Lipinski definition) is 4. The van der Waals surface area contributed by atoms with Crippen LogP contribution in [0.5, 0.6) is 11.5 Å². The molecule has 0 spiro atoms. The fraction of sp³-hybridized carbons (Fsp3) is 0.292. The lowest BCUT2D eigenvalue weighted by atomic mass is 10.1. The van der Waals surface area contributed by atoms with E-state index < -0.39 is 0 Å². The zero-order valence-electron chi connectivity index (χ0n) is 18.0. The summed E-state index contributed by atoms with van der Waals surface area (Å²) in [5, 5.41) is 6.81. The van der Waals surface area contributed by atoms with E-state index in [0.717, 1.165) is 54.7 Å². The second kappa shape index (κ2) is 13.6. The number of hydrogen-bond donors (Lipinski definition) is 2. The van der Waals surface area contributed by atoms with Crippen LogP contribution in [0, 0.1) is 0 Å². The number of benzene rings is 2. The number of halogens is 1. The average molecular weight is 535 g/mol. The number of ether oxygens (including phenoxy) is 2. The molecule has 0 radical (unpaired) electrons. The lowest BCUT2D eigenvalue weighted by molar-refractivity contribution is 0.354. The molecule has 7 heteroatoms. The van der Waals surface area contributed by atoms with Crippen molar-refractivity contribution in [1.82, 2.24) is 10.6 Å². The van der Waals surface area contributed by atoms with E-state index in [9.17, 15) is 0 Å². The monoisotopic (exact) mass is 535 g/mol. The van der Waals surface area contributed by atoms with Gasteiger partial charge in [-0.2, -0.15) is 0 Å². The molecule has 0 aliphatic carbocycles. The van der Waals surface area contributed by atoms with Crippen molar-refractivity contribution >= 4 is 29.9 Å². The number of guanidine groups is 1. The van der Waals surface area contributed by atoms with Gasteiger partial charge in [0.2, 0.25) is 0 Å². The molecule has 6 nitrogen and oxygen atoms in total. The number of furan rings is 1. The van der Waals surface area contributed by atoms with Crippen molar-refractivity contribution in [2.24, 2.45) is 4.99 Å². The summed E-state index contributed by atoms with van der Waals surface area (Å²) in [4.78, 5) is 4.72. The molecule has 2 aromatic carbocycles. The van der Waals surface area contributed by atoms with Gasteiger partial charge in [0.05, 0.1) is 27.0 Å². The molecule has 31 heavy (non-hydrogen) atoms. The molecule has 166 valence electrons.